The van der Waals surface area contributed by atoms with E-state index in [1.807, 2.05) is 0 Å². The van der Waals surface area contributed by atoms with Crippen molar-refractivity contribution in [1.29, 1.82) is 0 Å². The van der Waals surface area contributed by atoms with E-state index in [1.54, 1.807) is 6.92 Å². The monoisotopic (exact) mass is 449 g/mol. The molecule has 0 aliphatic rings. The van der Waals surface area contributed by atoms with Gasteiger partial charge in [-0.05, 0) is 37.5 Å². The molecule has 0 bridgehead atoms. The number of nitrogens with zero attached hydrogens (tertiary/aromatic N) is 3. The van der Waals surface area contributed by atoms with E-state index < -0.39 is 3.92 Å². The Kier molecular flexibility index (Phi) is 6.56. The highest BCUT2D eigenvalue weighted by Gasteiger charge is 2.31. The molecule has 2 aromatic rings. The minimum Gasteiger partial charge on any atom is -0.477 e. The number of hydrogen-bond donors (Lipinski definition) is 0. The molecule has 24 heavy (non-hydrogen) atoms. The van der Waals surface area contributed by atoms with E-state index in [2.05, 4.69) is 16.7 Å². The fourth-order valence-electron chi connectivity index (χ4n) is 1.87. The first-order valence-electron chi connectivity index (χ1n) is 6.30. The highest BCUT2D eigenvalue weighted by atomic mass is 35.5. The molecular weight excluding hydrogens is 442 g/mol. The Morgan fingerprint density at radius 1 is 1.33 bits per heavy atom. The second kappa shape index (κ2) is 7.89. The fourth-order valence-corrected chi connectivity index (χ4v) is 3.88. The third kappa shape index (κ3) is 4.42. The SMILES string of the molecule is C=Nc1nc(SC(F)(Cl)Cl)c(OCC)n1-c1c(Cl)cc(Cl)cc1Cl. The second-order valence-electron chi connectivity index (χ2n) is 4.21. The smallest absolute Gasteiger partial charge is 0.310 e. The van der Waals surface area contributed by atoms with Gasteiger partial charge < -0.3 is 4.74 Å². The van der Waals surface area contributed by atoms with Crippen molar-refractivity contribution in [2.75, 3.05) is 6.61 Å². The van der Waals surface area contributed by atoms with Gasteiger partial charge in [0.25, 0.3) is 0 Å². The van der Waals surface area contributed by atoms with Gasteiger partial charge in [-0.2, -0.15) is 9.37 Å². The summed E-state index contributed by atoms with van der Waals surface area (Å²) >= 11 is 29.7. The van der Waals surface area contributed by atoms with Gasteiger partial charge in [-0.1, -0.05) is 58.0 Å². The molecule has 0 saturated heterocycles. The van der Waals surface area contributed by atoms with E-state index in [4.69, 9.17) is 62.7 Å². The van der Waals surface area contributed by atoms with Crippen LogP contribution in [-0.4, -0.2) is 26.8 Å². The van der Waals surface area contributed by atoms with Gasteiger partial charge in [0.2, 0.25) is 11.8 Å². The Bertz CT molecular complexity index is 755. The summed E-state index contributed by atoms with van der Waals surface area (Å²) in [6.45, 7) is 5.43. The lowest BCUT2D eigenvalue weighted by molar-refractivity contribution is 0.312. The summed E-state index contributed by atoms with van der Waals surface area (Å²) in [6, 6.07) is 2.98. The Morgan fingerprint density at radius 2 is 1.92 bits per heavy atom. The third-order valence-electron chi connectivity index (χ3n) is 2.63. The summed E-state index contributed by atoms with van der Waals surface area (Å²) in [5.41, 5.74) is 0.307. The zero-order valence-corrected chi connectivity index (χ0v) is 16.6. The van der Waals surface area contributed by atoms with Gasteiger partial charge in [0.15, 0.2) is 5.03 Å². The molecule has 0 N–H and O–H groups in total. The Labute approximate surface area is 166 Å². The van der Waals surface area contributed by atoms with Crippen molar-refractivity contribution in [3.63, 3.8) is 0 Å². The summed E-state index contributed by atoms with van der Waals surface area (Å²) in [5, 5.41) is 0.846. The van der Waals surface area contributed by atoms with Crippen LogP contribution in [0.25, 0.3) is 5.69 Å². The molecular formula is C13H9Cl5FN3OS. The molecule has 2 rings (SSSR count). The predicted molar refractivity (Wildman–Crippen MR) is 100 cm³/mol. The molecule has 1 heterocycles. The first-order chi connectivity index (χ1) is 11.2. The van der Waals surface area contributed by atoms with E-state index in [0.717, 1.165) is 0 Å². The Balaban J connectivity index is 2.75. The van der Waals surface area contributed by atoms with E-state index in [1.165, 1.54) is 16.7 Å². The van der Waals surface area contributed by atoms with Crippen LogP contribution in [0.5, 0.6) is 5.88 Å². The zero-order valence-electron chi connectivity index (χ0n) is 12.0. The highest BCUT2D eigenvalue weighted by molar-refractivity contribution is 8.03. The van der Waals surface area contributed by atoms with Gasteiger partial charge in [-0.3, -0.25) is 0 Å². The van der Waals surface area contributed by atoms with Crippen LogP contribution in [-0.2, 0) is 0 Å². The van der Waals surface area contributed by atoms with Gasteiger partial charge >= 0.3 is 3.92 Å². The molecule has 4 nitrogen and oxygen atoms in total. The average Bonchev–Trinajstić information content (AvgIpc) is 2.75. The molecule has 130 valence electrons. The number of aromatic nitrogens is 2. The molecule has 1 aromatic carbocycles. The van der Waals surface area contributed by atoms with Crippen LogP contribution in [0.3, 0.4) is 0 Å². The number of rotatable bonds is 6. The van der Waals surface area contributed by atoms with E-state index in [0.29, 0.717) is 22.5 Å². The maximum Gasteiger partial charge on any atom is 0.310 e. The molecule has 1 aromatic heterocycles. The number of aliphatic imine (C=N–C) groups is 1. The molecule has 0 fully saturated rings. The summed E-state index contributed by atoms with van der Waals surface area (Å²) in [7, 11) is 0. The quantitative estimate of drug-likeness (QED) is 0.278. The van der Waals surface area contributed by atoms with Crippen LogP contribution < -0.4 is 4.74 Å². The van der Waals surface area contributed by atoms with Gasteiger partial charge in [0.1, 0.15) is 0 Å². The standard InChI is InChI=1S/C13H9Cl5FN3OS/c1-3-23-11-10(24-13(17,18)19)21-12(20-2)22(11)9-7(15)4-6(14)5-8(9)16/h4-5H,2-3H2,1H3. The summed E-state index contributed by atoms with van der Waals surface area (Å²) in [5.74, 6) is 0.198. The van der Waals surface area contributed by atoms with Crippen molar-refractivity contribution in [1.82, 2.24) is 9.55 Å². The lowest BCUT2D eigenvalue weighted by atomic mass is 10.3. The summed E-state index contributed by atoms with van der Waals surface area (Å²) in [4.78, 5) is 7.92. The van der Waals surface area contributed by atoms with Crippen molar-refractivity contribution in [3.8, 4) is 11.6 Å². The van der Waals surface area contributed by atoms with Crippen LogP contribution in [0.1, 0.15) is 6.92 Å². The number of benzene rings is 1. The van der Waals surface area contributed by atoms with Gasteiger partial charge in [-0.25, -0.2) is 9.56 Å². The van der Waals surface area contributed by atoms with Crippen molar-refractivity contribution in [2.24, 2.45) is 4.99 Å². The summed E-state index contributed by atoms with van der Waals surface area (Å²) < 4.78 is 18.0. The van der Waals surface area contributed by atoms with E-state index in [9.17, 15) is 4.39 Å². The van der Waals surface area contributed by atoms with Gasteiger partial charge in [0.05, 0.1) is 22.3 Å². The fraction of sp³-hybridized carbons (Fsp3) is 0.231. The van der Waals surface area contributed by atoms with Crippen LogP contribution in [0.15, 0.2) is 22.2 Å². The van der Waals surface area contributed by atoms with Crippen molar-refractivity contribution < 1.29 is 9.13 Å². The minimum atomic E-state index is -2.61. The molecule has 11 heteroatoms. The van der Waals surface area contributed by atoms with Gasteiger partial charge in [-0.15, -0.1) is 0 Å². The van der Waals surface area contributed by atoms with Crippen molar-refractivity contribution >= 4 is 82.4 Å². The minimum absolute atomic E-state index is 0.0637. The zero-order chi connectivity index (χ0) is 18.1. The first kappa shape index (κ1) is 19.9. The molecule has 0 aliphatic heterocycles. The van der Waals surface area contributed by atoms with Crippen LogP contribution in [0.2, 0.25) is 15.1 Å². The number of alkyl halides is 3. The Morgan fingerprint density at radius 3 is 2.38 bits per heavy atom. The van der Waals surface area contributed by atoms with Crippen LogP contribution in [0, 0.1) is 0 Å². The maximum atomic E-state index is 13.6. The molecule has 0 aliphatic carbocycles. The average molecular weight is 452 g/mol. The van der Waals surface area contributed by atoms with Crippen molar-refractivity contribution in [3.05, 3.63) is 27.2 Å². The predicted octanol–water partition coefficient (Wildman–Crippen LogP) is 6.71. The number of hydrogen-bond acceptors (Lipinski definition) is 4. The number of imidazole rings is 1. The van der Waals surface area contributed by atoms with Crippen LogP contribution >= 0.6 is 69.8 Å². The lowest BCUT2D eigenvalue weighted by Gasteiger charge is -2.15. The second-order valence-corrected chi connectivity index (χ2v) is 8.30. The molecule has 0 unspecified atom stereocenters. The molecule has 0 saturated carbocycles. The molecule has 0 radical (unpaired) electrons. The normalized spacial score (nSPS) is 11.6. The third-order valence-corrected chi connectivity index (χ3v) is 4.58. The first-order valence-corrected chi connectivity index (χ1v) is 9.01. The topological polar surface area (TPSA) is 39.4 Å². The number of halogens is 6. The van der Waals surface area contributed by atoms with E-state index >= 15 is 0 Å². The highest BCUT2D eigenvalue weighted by Crippen LogP contribution is 2.48. The summed E-state index contributed by atoms with van der Waals surface area (Å²) in [6.07, 6.45) is 0. The number of thioether (sulfide) groups is 1. The largest absolute Gasteiger partial charge is 0.477 e. The van der Waals surface area contributed by atoms with Gasteiger partial charge in [0, 0.05) is 5.02 Å². The van der Waals surface area contributed by atoms with E-state index in [-0.39, 0.29) is 33.5 Å². The lowest BCUT2D eigenvalue weighted by Crippen LogP contribution is -2.04. The molecule has 0 spiro atoms. The Hall–Kier alpha value is -0.370. The molecule has 0 atom stereocenters. The van der Waals surface area contributed by atoms with Crippen LogP contribution in [0.4, 0.5) is 10.3 Å². The molecule has 0 amide bonds. The van der Waals surface area contributed by atoms with Crippen molar-refractivity contribution in [2.45, 2.75) is 15.9 Å². The maximum absolute atomic E-state index is 13.6. The number of ether oxygens (including phenoxy) is 1.